The fraction of sp³-hybridized carbons (Fsp3) is 0.150. The molecule has 0 unspecified atom stereocenters. The van der Waals surface area contributed by atoms with Crippen LogP contribution in [0.25, 0.3) is 10.9 Å². The second kappa shape index (κ2) is 6.02. The Morgan fingerprint density at radius 2 is 1.92 bits per heavy atom. The first-order valence-corrected chi connectivity index (χ1v) is 8.03. The molecule has 1 amide bonds. The number of rotatable bonds is 3. The summed E-state index contributed by atoms with van der Waals surface area (Å²) in [6.07, 6.45) is 0.401. The first kappa shape index (κ1) is 15.3. The highest BCUT2D eigenvalue weighted by Gasteiger charge is 2.31. The van der Waals surface area contributed by atoms with Crippen molar-refractivity contribution in [3.63, 3.8) is 0 Å². The lowest BCUT2D eigenvalue weighted by Crippen LogP contribution is -2.24. The van der Waals surface area contributed by atoms with Crippen molar-refractivity contribution in [2.75, 3.05) is 12.0 Å². The van der Waals surface area contributed by atoms with E-state index in [-0.39, 0.29) is 18.3 Å². The molecule has 5 heteroatoms. The highest BCUT2D eigenvalue weighted by molar-refractivity contribution is 6.08. The molecule has 0 spiro atoms. The van der Waals surface area contributed by atoms with Crippen LogP contribution in [-0.4, -0.2) is 24.0 Å². The molecule has 0 N–H and O–H groups in total. The third-order valence-electron chi connectivity index (χ3n) is 4.38. The van der Waals surface area contributed by atoms with Crippen molar-refractivity contribution in [1.82, 2.24) is 4.98 Å². The van der Waals surface area contributed by atoms with Crippen molar-refractivity contribution < 1.29 is 14.3 Å². The molecule has 1 aliphatic rings. The second-order valence-electron chi connectivity index (χ2n) is 5.95. The number of methoxy groups -OCH3 is 1. The van der Waals surface area contributed by atoms with E-state index in [0.717, 1.165) is 22.2 Å². The average Bonchev–Trinajstić information content (AvgIpc) is 2.96. The maximum Gasteiger partial charge on any atom is 0.310 e. The molecule has 1 aromatic heterocycles. The van der Waals surface area contributed by atoms with Crippen LogP contribution in [0.1, 0.15) is 11.1 Å². The maximum atomic E-state index is 12.6. The van der Waals surface area contributed by atoms with Crippen LogP contribution in [0.15, 0.2) is 54.6 Å². The van der Waals surface area contributed by atoms with Gasteiger partial charge in [0.05, 0.1) is 31.2 Å². The van der Waals surface area contributed by atoms with Gasteiger partial charge in [-0.05, 0) is 23.8 Å². The predicted octanol–water partition coefficient (Wildman–Crippen LogP) is 3.17. The van der Waals surface area contributed by atoms with Crippen molar-refractivity contribution in [3.05, 3.63) is 65.7 Å². The van der Waals surface area contributed by atoms with Gasteiger partial charge >= 0.3 is 5.97 Å². The molecule has 0 bridgehead atoms. The first-order chi connectivity index (χ1) is 12.2. The lowest BCUT2D eigenvalue weighted by atomic mass is 10.1. The predicted molar refractivity (Wildman–Crippen MR) is 94.8 cm³/mol. The first-order valence-electron chi connectivity index (χ1n) is 8.03. The lowest BCUT2D eigenvalue weighted by Gasteiger charge is -2.20. The van der Waals surface area contributed by atoms with E-state index in [4.69, 9.17) is 9.72 Å². The third-order valence-corrected chi connectivity index (χ3v) is 4.38. The summed E-state index contributed by atoms with van der Waals surface area (Å²) in [6.45, 7) is 0. The maximum absolute atomic E-state index is 12.6. The molecule has 0 fully saturated rings. The number of fused-ring (bicyclic) bond motifs is 2. The van der Waals surface area contributed by atoms with Crippen LogP contribution >= 0.6 is 0 Å². The van der Waals surface area contributed by atoms with E-state index < -0.39 is 0 Å². The Bertz CT molecular complexity index is 997. The van der Waals surface area contributed by atoms with E-state index in [1.54, 1.807) is 4.90 Å². The molecule has 0 saturated heterocycles. The summed E-state index contributed by atoms with van der Waals surface area (Å²) >= 11 is 0. The number of anilines is 2. The number of para-hydroxylation sites is 2. The Morgan fingerprint density at radius 1 is 1.16 bits per heavy atom. The Labute approximate surface area is 144 Å². The minimum absolute atomic E-state index is 0.0462. The molecule has 0 radical (unpaired) electrons. The van der Waals surface area contributed by atoms with Gasteiger partial charge in [0.2, 0.25) is 5.91 Å². The van der Waals surface area contributed by atoms with Gasteiger partial charge in [0.15, 0.2) is 0 Å². The number of hydrogen-bond acceptors (Lipinski definition) is 4. The van der Waals surface area contributed by atoms with Crippen molar-refractivity contribution >= 4 is 34.3 Å². The lowest BCUT2D eigenvalue weighted by molar-refractivity contribution is -0.139. The monoisotopic (exact) mass is 332 g/mol. The highest BCUT2D eigenvalue weighted by Crippen LogP contribution is 2.37. The minimum Gasteiger partial charge on any atom is -0.469 e. The SMILES string of the molecule is COC(=O)Cc1cc2ccccc2nc1N1C(=O)Cc2ccccc21. The summed E-state index contributed by atoms with van der Waals surface area (Å²) in [7, 11) is 1.35. The molecule has 3 aromatic rings. The normalized spacial score (nSPS) is 13.2. The number of benzene rings is 2. The van der Waals surface area contributed by atoms with Crippen LogP contribution in [0.3, 0.4) is 0 Å². The van der Waals surface area contributed by atoms with Gasteiger partial charge in [-0.25, -0.2) is 4.98 Å². The number of nitrogens with zero attached hydrogens (tertiary/aromatic N) is 2. The van der Waals surface area contributed by atoms with E-state index in [0.29, 0.717) is 17.8 Å². The largest absolute Gasteiger partial charge is 0.469 e. The summed E-state index contributed by atoms with van der Waals surface area (Å²) in [5.41, 5.74) is 3.24. The molecule has 124 valence electrons. The van der Waals surface area contributed by atoms with Crippen molar-refractivity contribution in [2.24, 2.45) is 0 Å². The molecular formula is C20H16N2O3. The van der Waals surface area contributed by atoms with Gasteiger partial charge in [0.1, 0.15) is 5.82 Å². The molecule has 0 saturated carbocycles. The summed E-state index contributed by atoms with van der Waals surface area (Å²) < 4.78 is 4.81. The fourth-order valence-corrected chi connectivity index (χ4v) is 3.19. The zero-order valence-corrected chi connectivity index (χ0v) is 13.7. The molecule has 4 rings (SSSR count). The zero-order valence-electron chi connectivity index (χ0n) is 13.7. The summed E-state index contributed by atoms with van der Waals surface area (Å²) in [5.74, 6) is 0.0902. The summed E-state index contributed by atoms with van der Waals surface area (Å²) in [5, 5.41) is 0.921. The molecule has 0 aliphatic carbocycles. The standard InChI is InChI=1S/C20H16N2O3/c1-25-19(24)12-15-10-13-6-2-4-8-16(13)21-20(15)22-17-9-5-3-7-14(17)11-18(22)23/h2-10H,11-12H2,1H3. The number of carbonyl (C=O) groups is 2. The number of ether oxygens (including phenoxy) is 1. The Morgan fingerprint density at radius 3 is 2.76 bits per heavy atom. The topological polar surface area (TPSA) is 59.5 Å². The quantitative estimate of drug-likeness (QED) is 0.691. The van der Waals surface area contributed by atoms with Gasteiger partial charge in [0.25, 0.3) is 0 Å². The van der Waals surface area contributed by atoms with Crippen molar-refractivity contribution in [2.45, 2.75) is 12.8 Å². The van der Waals surface area contributed by atoms with Crippen LogP contribution in [0.4, 0.5) is 11.5 Å². The van der Waals surface area contributed by atoms with E-state index in [1.165, 1.54) is 7.11 Å². The molecule has 2 aromatic carbocycles. The number of esters is 1. The van der Waals surface area contributed by atoms with Crippen molar-refractivity contribution in [3.8, 4) is 0 Å². The highest BCUT2D eigenvalue weighted by atomic mass is 16.5. The van der Waals surface area contributed by atoms with Crippen LogP contribution in [0, 0.1) is 0 Å². The number of carbonyl (C=O) groups excluding carboxylic acids is 2. The zero-order chi connectivity index (χ0) is 17.4. The van der Waals surface area contributed by atoms with Crippen LogP contribution in [0.5, 0.6) is 0 Å². The van der Waals surface area contributed by atoms with E-state index in [1.807, 2.05) is 54.6 Å². The number of aromatic nitrogens is 1. The van der Waals surface area contributed by atoms with E-state index in [9.17, 15) is 9.59 Å². The van der Waals surface area contributed by atoms with Crippen LogP contribution in [-0.2, 0) is 27.2 Å². The van der Waals surface area contributed by atoms with Gasteiger partial charge in [-0.2, -0.15) is 0 Å². The molecular weight excluding hydrogens is 316 g/mol. The summed E-state index contributed by atoms with van der Waals surface area (Å²) in [6, 6.07) is 17.2. The Kier molecular flexibility index (Phi) is 3.69. The van der Waals surface area contributed by atoms with Gasteiger partial charge in [-0.15, -0.1) is 0 Å². The number of pyridine rings is 1. The molecule has 25 heavy (non-hydrogen) atoms. The molecule has 5 nitrogen and oxygen atoms in total. The van der Waals surface area contributed by atoms with Gasteiger partial charge in [0, 0.05) is 10.9 Å². The smallest absolute Gasteiger partial charge is 0.310 e. The molecule has 0 atom stereocenters. The second-order valence-corrected chi connectivity index (χ2v) is 5.95. The molecule has 2 heterocycles. The Balaban J connectivity index is 1.92. The minimum atomic E-state index is -0.363. The summed E-state index contributed by atoms with van der Waals surface area (Å²) in [4.78, 5) is 30.8. The van der Waals surface area contributed by atoms with Crippen LogP contribution in [0.2, 0.25) is 0 Å². The van der Waals surface area contributed by atoms with Gasteiger partial charge in [-0.3, -0.25) is 14.5 Å². The van der Waals surface area contributed by atoms with E-state index >= 15 is 0 Å². The van der Waals surface area contributed by atoms with Crippen molar-refractivity contribution in [1.29, 1.82) is 0 Å². The third kappa shape index (κ3) is 2.63. The fourth-order valence-electron chi connectivity index (χ4n) is 3.19. The van der Waals surface area contributed by atoms with Crippen LogP contribution < -0.4 is 4.90 Å². The van der Waals surface area contributed by atoms with Gasteiger partial charge < -0.3 is 4.74 Å². The van der Waals surface area contributed by atoms with E-state index in [2.05, 4.69) is 0 Å². The number of amides is 1. The Hall–Kier alpha value is -3.21. The van der Waals surface area contributed by atoms with Gasteiger partial charge in [-0.1, -0.05) is 36.4 Å². The molecule has 1 aliphatic heterocycles. The average molecular weight is 332 g/mol. The number of hydrogen-bond donors (Lipinski definition) is 0.